The fraction of sp³-hybridized carbons (Fsp3) is 0.158. The Morgan fingerprint density at radius 3 is 2.76 bits per heavy atom. The van der Waals surface area contributed by atoms with Gasteiger partial charge in [-0.25, -0.2) is 5.43 Å². The van der Waals surface area contributed by atoms with E-state index in [4.69, 9.17) is 27.5 Å². The van der Waals surface area contributed by atoms with Gasteiger partial charge >= 0.3 is 0 Å². The number of hydrazone groups is 1. The number of amides is 1. The monoisotopic (exact) mass is 356 g/mol. The van der Waals surface area contributed by atoms with Crippen LogP contribution in [0.5, 0.6) is 11.5 Å². The van der Waals surface area contributed by atoms with Crippen molar-refractivity contribution in [1.29, 1.82) is 0 Å². The first-order valence-electron chi connectivity index (χ1n) is 7.56. The number of rotatable bonds is 7. The predicted molar refractivity (Wildman–Crippen MR) is 98.5 cm³/mol. The first kappa shape index (κ1) is 18.4. The Balaban J connectivity index is 2.13. The Morgan fingerprint density at radius 2 is 2.08 bits per heavy atom. The average molecular weight is 357 g/mol. The van der Waals surface area contributed by atoms with Crippen molar-refractivity contribution in [2.45, 2.75) is 6.92 Å². The number of nitrogens with zero attached hydrogens (tertiary/aromatic N) is 1. The molecule has 0 spiro atoms. The summed E-state index contributed by atoms with van der Waals surface area (Å²) in [5, 5.41) is 4.28. The number of benzene rings is 2. The second-order valence-corrected chi connectivity index (χ2v) is 5.23. The van der Waals surface area contributed by atoms with Crippen molar-refractivity contribution in [2.24, 2.45) is 5.10 Å². The van der Waals surface area contributed by atoms with E-state index in [1.54, 1.807) is 36.4 Å². The molecule has 5 nitrogen and oxygen atoms in total. The summed E-state index contributed by atoms with van der Waals surface area (Å²) < 4.78 is 10.9. The third-order valence-electron chi connectivity index (χ3n) is 3.05. The van der Waals surface area contributed by atoms with E-state index in [0.717, 1.165) is 0 Å². The summed E-state index contributed by atoms with van der Waals surface area (Å²) >= 11 is 6.22. The summed E-state index contributed by atoms with van der Waals surface area (Å²) in [7, 11) is 0. The van der Waals surface area contributed by atoms with E-state index in [1.807, 2.05) is 13.0 Å². The topological polar surface area (TPSA) is 59.9 Å². The van der Waals surface area contributed by atoms with Gasteiger partial charge in [0.1, 0.15) is 6.61 Å². The molecule has 0 aliphatic rings. The van der Waals surface area contributed by atoms with Crippen LogP contribution in [0.25, 0.3) is 0 Å². The number of hydrogen-bond acceptors (Lipinski definition) is 4. The number of nitrogens with one attached hydrogen (secondary N) is 1. The van der Waals surface area contributed by atoms with E-state index in [0.29, 0.717) is 34.3 Å². The number of halogens is 1. The Kier molecular flexibility index (Phi) is 6.87. The average Bonchev–Trinajstić information content (AvgIpc) is 2.62. The summed E-state index contributed by atoms with van der Waals surface area (Å²) in [6.07, 6.45) is 6.67. The largest absolute Gasteiger partial charge is 0.490 e. The van der Waals surface area contributed by atoms with Gasteiger partial charge in [0.15, 0.2) is 11.5 Å². The second-order valence-electron chi connectivity index (χ2n) is 4.82. The standard InChI is InChI=1S/C19H17ClN2O3/c1-3-10-25-18-16(20)11-14(12-17(18)24-4-2)13-21-22-19(23)15-8-6-5-7-9-15/h1,5-9,11-13H,4,10H2,2H3,(H,22,23). The maximum Gasteiger partial charge on any atom is 0.271 e. The highest BCUT2D eigenvalue weighted by atomic mass is 35.5. The number of hydrogen-bond donors (Lipinski definition) is 1. The Labute approximate surface area is 151 Å². The van der Waals surface area contributed by atoms with Crippen LogP contribution in [0.1, 0.15) is 22.8 Å². The lowest BCUT2D eigenvalue weighted by atomic mass is 10.2. The maximum absolute atomic E-state index is 11.9. The number of carbonyl (C=O) groups excluding carboxylic acids is 1. The molecule has 0 atom stereocenters. The molecule has 25 heavy (non-hydrogen) atoms. The molecule has 6 heteroatoms. The smallest absolute Gasteiger partial charge is 0.271 e. The Hall–Kier alpha value is -2.97. The molecule has 1 N–H and O–H groups in total. The summed E-state index contributed by atoms with van der Waals surface area (Å²) in [6.45, 7) is 2.37. The van der Waals surface area contributed by atoms with Gasteiger partial charge in [-0.2, -0.15) is 5.10 Å². The number of carbonyl (C=O) groups is 1. The zero-order valence-corrected chi connectivity index (χ0v) is 14.4. The van der Waals surface area contributed by atoms with Crippen molar-refractivity contribution < 1.29 is 14.3 Å². The van der Waals surface area contributed by atoms with Crippen LogP contribution in [0.2, 0.25) is 5.02 Å². The highest BCUT2D eigenvalue weighted by molar-refractivity contribution is 6.32. The molecule has 0 saturated carbocycles. The molecule has 0 unspecified atom stereocenters. The molecule has 128 valence electrons. The van der Waals surface area contributed by atoms with E-state index in [-0.39, 0.29) is 12.5 Å². The maximum atomic E-state index is 11.9. The summed E-state index contributed by atoms with van der Waals surface area (Å²) in [5.74, 6) is 2.92. The normalized spacial score (nSPS) is 10.3. The third kappa shape index (κ3) is 5.27. The highest BCUT2D eigenvalue weighted by Gasteiger charge is 2.12. The molecule has 2 aromatic rings. The second kappa shape index (κ2) is 9.36. The predicted octanol–water partition coefficient (Wildman–Crippen LogP) is 3.51. The molecule has 0 saturated heterocycles. The van der Waals surface area contributed by atoms with Crippen LogP contribution >= 0.6 is 11.6 Å². The van der Waals surface area contributed by atoms with Crippen LogP contribution in [0.3, 0.4) is 0 Å². The molecule has 0 radical (unpaired) electrons. The van der Waals surface area contributed by atoms with E-state index in [9.17, 15) is 4.79 Å². The van der Waals surface area contributed by atoms with E-state index < -0.39 is 0 Å². The van der Waals surface area contributed by atoms with Crippen LogP contribution in [-0.2, 0) is 0 Å². The van der Waals surface area contributed by atoms with Crippen LogP contribution in [0.15, 0.2) is 47.6 Å². The van der Waals surface area contributed by atoms with Crippen LogP contribution in [-0.4, -0.2) is 25.3 Å². The number of ether oxygens (including phenoxy) is 2. The lowest BCUT2D eigenvalue weighted by Crippen LogP contribution is -2.17. The minimum Gasteiger partial charge on any atom is -0.490 e. The fourth-order valence-electron chi connectivity index (χ4n) is 2.00. The SMILES string of the molecule is C#CCOc1c(Cl)cc(C=NNC(=O)c2ccccc2)cc1OCC. The van der Waals surface area contributed by atoms with Crippen LogP contribution in [0.4, 0.5) is 0 Å². The summed E-state index contributed by atoms with van der Waals surface area (Å²) in [5.41, 5.74) is 3.62. The minimum atomic E-state index is -0.304. The molecular weight excluding hydrogens is 340 g/mol. The van der Waals surface area contributed by atoms with Crippen molar-refractivity contribution in [3.05, 3.63) is 58.6 Å². The molecule has 0 bridgehead atoms. The zero-order chi connectivity index (χ0) is 18.1. The number of terminal acetylenes is 1. The summed E-state index contributed by atoms with van der Waals surface area (Å²) in [4.78, 5) is 11.9. The van der Waals surface area contributed by atoms with Crippen molar-refractivity contribution in [1.82, 2.24) is 5.43 Å². The van der Waals surface area contributed by atoms with Gasteiger partial charge in [-0.15, -0.1) is 6.42 Å². The highest BCUT2D eigenvalue weighted by Crippen LogP contribution is 2.36. The molecule has 1 amide bonds. The van der Waals surface area contributed by atoms with Gasteiger partial charge in [0.25, 0.3) is 5.91 Å². The molecular formula is C19H17ClN2O3. The van der Waals surface area contributed by atoms with Crippen molar-refractivity contribution in [3.8, 4) is 23.8 Å². The van der Waals surface area contributed by atoms with E-state index in [1.165, 1.54) is 6.21 Å². The Bertz CT molecular complexity index is 798. The molecule has 0 aliphatic carbocycles. The van der Waals surface area contributed by atoms with Gasteiger partial charge in [0.2, 0.25) is 0 Å². The summed E-state index contributed by atoms with van der Waals surface area (Å²) in [6, 6.07) is 12.1. The van der Waals surface area contributed by atoms with Gasteiger partial charge in [0.05, 0.1) is 17.8 Å². The molecule has 0 aromatic heterocycles. The third-order valence-corrected chi connectivity index (χ3v) is 3.33. The van der Waals surface area contributed by atoms with Crippen LogP contribution in [0, 0.1) is 12.3 Å². The molecule has 0 aliphatic heterocycles. The van der Waals surface area contributed by atoms with Gasteiger partial charge in [-0.05, 0) is 36.8 Å². The van der Waals surface area contributed by atoms with Gasteiger partial charge < -0.3 is 9.47 Å². The van der Waals surface area contributed by atoms with Crippen LogP contribution < -0.4 is 14.9 Å². The van der Waals surface area contributed by atoms with Crippen molar-refractivity contribution in [2.75, 3.05) is 13.2 Å². The lowest BCUT2D eigenvalue weighted by Gasteiger charge is -2.12. The fourth-order valence-corrected chi connectivity index (χ4v) is 2.27. The van der Waals surface area contributed by atoms with Crippen molar-refractivity contribution in [3.63, 3.8) is 0 Å². The molecule has 2 rings (SSSR count). The lowest BCUT2D eigenvalue weighted by molar-refractivity contribution is 0.0955. The first-order chi connectivity index (χ1) is 12.2. The molecule has 0 heterocycles. The van der Waals surface area contributed by atoms with E-state index >= 15 is 0 Å². The molecule has 2 aromatic carbocycles. The minimum absolute atomic E-state index is 0.0837. The molecule has 0 fully saturated rings. The first-order valence-corrected chi connectivity index (χ1v) is 7.94. The van der Waals surface area contributed by atoms with Gasteiger partial charge in [0, 0.05) is 5.56 Å². The Morgan fingerprint density at radius 1 is 1.32 bits per heavy atom. The van der Waals surface area contributed by atoms with Gasteiger partial charge in [-0.1, -0.05) is 35.7 Å². The van der Waals surface area contributed by atoms with Gasteiger partial charge in [-0.3, -0.25) is 4.79 Å². The quantitative estimate of drug-likeness (QED) is 0.469. The van der Waals surface area contributed by atoms with Crippen molar-refractivity contribution >= 4 is 23.7 Å². The van der Waals surface area contributed by atoms with E-state index in [2.05, 4.69) is 16.4 Å². The zero-order valence-electron chi connectivity index (χ0n) is 13.7.